The Hall–Kier alpha value is -3.20. The molecule has 142 valence electrons. The summed E-state index contributed by atoms with van der Waals surface area (Å²) in [6, 6.07) is 20.7. The van der Waals surface area contributed by atoms with Crippen LogP contribution in [0.15, 0.2) is 66.7 Å². The minimum Gasteiger partial charge on any atom is -0.508 e. The highest BCUT2D eigenvalue weighted by atomic mass is 16.3. The molecule has 0 spiro atoms. The quantitative estimate of drug-likeness (QED) is 0.406. The third-order valence-corrected chi connectivity index (χ3v) is 5.55. The molecule has 0 radical (unpaired) electrons. The Labute approximate surface area is 164 Å². The lowest BCUT2D eigenvalue weighted by Crippen LogP contribution is -2.10. The number of phenolic OH excluding ortho intramolecular Hbond substituents is 3. The topological polar surface area (TPSA) is 60.7 Å². The van der Waals surface area contributed by atoms with Crippen molar-refractivity contribution < 1.29 is 15.3 Å². The minimum absolute atomic E-state index is 0.182. The van der Waals surface area contributed by atoms with Crippen LogP contribution < -0.4 is 0 Å². The summed E-state index contributed by atoms with van der Waals surface area (Å²) in [5, 5.41) is 33.8. The third kappa shape index (κ3) is 3.36. The molecule has 3 nitrogen and oxygen atoms in total. The van der Waals surface area contributed by atoms with E-state index in [1.54, 1.807) is 30.3 Å². The van der Waals surface area contributed by atoms with Gasteiger partial charge in [-0.05, 0) is 70.5 Å². The SMILES string of the molecule is CC(C)C(Cc1cc(O)c2cccc(O)c2c1)c1ccc2cc(O)ccc2c1. The van der Waals surface area contributed by atoms with E-state index in [9.17, 15) is 15.3 Å². The first-order chi connectivity index (χ1) is 13.4. The highest BCUT2D eigenvalue weighted by molar-refractivity contribution is 5.93. The Balaban J connectivity index is 1.74. The normalized spacial score (nSPS) is 12.7. The largest absolute Gasteiger partial charge is 0.508 e. The van der Waals surface area contributed by atoms with Crippen molar-refractivity contribution in [3.05, 3.63) is 77.9 Å². The van der Waals surface area contributed by atoms with Crippen molar-refractivity contribution in [2.24, 2.45) is 5.92 Å². The second kappa shape index (κ2) is 7.08. The van der Waals surface area contributed by atoms with Crippen LogP contribution in [0, 0.1) is 5.92 Å². The van der Waals surface area contributed by atoms with Crippen molar-refractivity contribution in [2.45, 2.75) is 26.2 Å². The van der Waals surface area contributed by atoms with Gasteiger partial charge in [-0.25, -0.2) is 0 Å². The lowest BCUT2D eigenvalue weighted by atomic mass is 9.82. The molecule has 0 saturated heterocycles. The second-order valence-corrected chi connectivity index (χ2v) is 7.83. The predicted molar refractivity (Wildman–Crippen MR) is 114 cm³/mol. The van der Waals surface area contributed by atoms with Crippen LogP contribution in [-0.2, 0) is 6.42 Å². The summed E-state index contributed by atoms with van der Waals surface area (Å²) in [4.78, 5) is 0. The van der Waals surface area contributed by atoms with E-state index in [1.807, 2.05) is 24.3 Å². The van der Waals surface area contributed by atoms with Gasteiger partial charge in [0.2, 0.25) is 0 Å². The van der Waals surface area contributed by atoms with Gasteiger partial charge in [-0.2, -0.15) is 0 Å². The van der Waals surface area contributed by atoms with Crippen molar-refractivity contribution in [1.82, 2.24) is 0 Å². The molecular weight excluding hydrogens is 348 g/mol. The highest BCUT2D eigenvalue weighted by Crippen LogP contribution is 2.36. The van der Waals surface area contributed by atoms with Gasteiger partial charge in [-0.1, -0.05) is 50.2 Å². The first-order valence-electron chi connectivity index (χ1n) is 9.58. The first kappa shape index (κ1) is 18.2. The number of benzene rings is 4. The van der Waals surface area contributed by atoms with E-state index in [0.717, 1.165) is 22.8 Å². The molecule has 0 aliphatic heterocycles. The van der Waals surface area contributed by atoms with Crippen molar-refractivity contribution in [1.29, 1.82) is 0 Å². The Bertz CT molecular complexity index is 1160. The van der Waals surface area contributed by atoms with Crippen molar-refractivity contribution in [3.8, 4) is 17.2 Å². The minimum atomic E-state index is 0.182. The van der Waals surface area contributed by atoms with Gasteiger partial charge >= 0.3 is 0 Å². The van der Waals surface area contributed by atoms with Gasteiger partial charge in [-0.15, -0.1) is 0 Å². The molecular formula is C25H24O3. The molecule has 4 aromatic rings. The number of hydrogen-bond acceptors (Lipinski definition) is 3. The zero-order valence-corrected chi connectivity index (χ0v) is 16.1. The number of rotatable bonds is 4. The molecule has 0 amide bonds. The Kier molecular flexibility index (Phi) is 4.60. The zero-order chi connectivity index (χ0) is 19.8. The Morgan fingerprint density at radius 1 is 0.714 bits per heavy atom. The molecule has 3 heteroatoms. The van der Waals surface area contributed by atoms with Crippen molar-refractivity contribution in [3.63, 3.8) is 0 Å². The van der Waals surface area contributed by atoms with Crippen LogP contribution in [0.3, 0.4) is 0 Å². The Morgan fingerprint density at radius 2 is 1.46 bits per heavy atom. The summed E-state index contributed by atoms with van der Waals surface area (Å²) in [6.07, 6.45) is 0.763. The summed E-state index contributed by atoms with van der Waals surface area (Å²) in [5.41, 5.74) is 2.22. The molecule has 0 bridgehead atoms. The lowest BCUT2D eigenvalue weighted by Gasteiger charge is -2.22. The molecule has 0 aliphatic rings. The fraction of sp³-hybridized carbons (Fsp3) is 0.200. The van der Waals surface area contributed by atoms with E-state index in [2.05, 4.69) is 26.0 Å². The maximum atomic E-state index is 10.4. The number of aromatic hydroxyl groups is 3. The van der Waals surface area contributed by atoms with Crippen LogP contribution in [0.5, 0.6) is 17.2 Å². The zero-order valence-electron chi connectivity index (χ0n) is 16.1. The number of fused-ring (bicyclic) bond motifs is 2. The van der Waals surface area contributed by atoms with E-state index in [0.29, 0.717) is 16.7 Å². The molecule has 4 aromatic carbocycles. The van der Waals surface area contributed by atoms with Gasteiger partial charge < -0.3 is 15.3 Å². The highest BCUT2D eigenvalue weighted by Gasteiger charge is 2.18. The van der Waals surface area contributed by atoms with Gasteiger partial charge in [0, 0.05) is 10.8 Å². The smallest absolute Gasteiger partial charge is 0.123 e. The van der Waals surface area contributed by atoms with Crippen LogP contribution >= 0.6 is 0 Å². The molecule has 4 rings (SSSR count). The molecule has 0 aromatic heterocycles. The molecule has 0 heterocycles. The van der Waals surface area contributed by atoms with Crippen LogP contribution in [0.2, 0.25) is 0 Å². The molecule has 0 saturated carbocycles. The van der Waals surface area contributed by atoms with E-state index in [1.165, 1.54) is 5.56 Å². The van der Waals surface area contributed by atoms with E-state index in [-0.39, 0.29) is 23.2 Å². The van der Waals surface area contributed by atoms with Gasteiger partial charge in [-0.3, -0.25) is 0 Å². The predicted octanol–water partition coefficient (Wildman–Crippen LogP) is 6.09. The van der Waals surface area contributed by atoms with Crippen molar-refractivity contribution >= 4 is 21.5 Å². The summed E-state index contributed by atoms with van der Waals surface area (Å²) in [5.74, 6) is 1.31. The summed E-state index contributed by atoms with van der Waals surface area (Å²) < 4.78 is 0. The second-order valence-electron chi connectivity index (χ2n) is 7.83. The van der Waals surface area contributed by atoms with E-state index >= 15 is 0 Å². The molecule has 28 heavy (non-hydrogen) atoms. The van der Waals surface area contributed by atoms with Crippen LogP contribution in [0.4, 0.5) is 0 Å². The standard InChI is InChI=1S/C25H24O3/c1-15(2)22(19-7-6-18-14-20(26)9-8-17(18)13-19)10-16-11-23-21(25(28)12-16)4-3-5-24(23)27/h3-9,11-15,22,26-28H,10H2,1-2H3. The lowest BCUT2D eigenvalue weighted by molar-refractivity contribution is 0.471. The Morgan fingerprint density at radius 3 is 2.25 bits per heavy atom. The van der Waals surface area contributed by atoms with Gasteiger partial charge in [0.15, 0.2) is 0 Å². The van der Waals surface area contributed by atoms with E-state index in [4.69, 9.17) is 0 Å². The van der Waals surface area contributed by atoms with Gasteiger partial charge in [0.1, 0.15) is 17.2 Å². The number of phenols is 3. The molecule has 3 N–H and O–H groups in total. The summed E-state index contributed by atoms with van der Waals surface area (Å²) in [6.45, 7) is 4.40. The molecule has 1 unspecified atom stereocenters. The fourth-order valence-corrected chi connectivity index (χ4v) is 4.00. The average Bonchev–Trinajstić information content (AvgIpc) is 2.66. The van der Waals surface area contributed by atoms with Crippen molar-refractivity contribution in [2.75, 3.05) is 0 Å². The van der Waals surface area contributed by atoms with Gasteiger partial charge in [0.05, 0.1) is 0 Å². The molecule has 1 atom stereocenters. The fourth-order valence-electron chi connectivity index (χ4n) is 4.00. The maximum Gasteiger partial charge on any atom is 0.123 e. The maximum absolute atomic E-state index is 10.4. The summed E-state index contributed by atoms with van der Waals surface area (Å²) in [7, 11) is 0. The van der Waals surface area contributed by atoms with Crippen LogP contribution in [0.1, 0.15) is 30.9 Å². The third-order valence-electron chi connectivity index (χ3n) is 5.55. The summed E-state index contributed by atoms with van der Waals surface area (Å²) >= 11 is 0. The van der Waals surface area contributed by atoms with Crippen LogP contribution in [-0.4, -0.2) is 15.3 Å². The molecule has 0 fully saturated rings. The van der Waals surface area contributed by atoms with Crippen LogP contribution in [0.25, 0.3) is 21.5 Å². The average molecular weight is 372 g/mol. The first-order valence-corrected chi connectivity index (χ1v) is 9.58. The number of hydrogen-bond donors (Lipinski definition) is 3. The monoisotopic (exact) mass is 372 g/mol. The molecule has 0 aliphatic carbocycles. The van der Waals surface area contributed by atoms with Gasteiger partial charge in [0.25, 0.3) is 0 Å². The van der Waals surface area contributed by atoms with E-state index < -0.39 is 0 Å².